The molecule has 17 heavy (non-hydrogen) atoms. The lowest BCUT2D eigenvalue weighted by Gasteiger charge is -2.07. The predicted molar refractivity (Wildman–Crippen MR) is 64.3 cm³/mol. The Morgan fingerprint density at radius 2 is 1.71 bits per heavy atom. The minimum absolute atomic E-state index is 0.424. The summed E-state index contributed by atoms with van der Waals surface area (Å²) in [6, 6.07) is 5.32. The molecule has 0 atom stereocenters. The normalized spacial score (nSPS) is 10.1. The number of benzene rings is 1. The van der Waals surface area contributed by atoms with Crippen LogP contribution >= 0.6 is 0 Å². The molecule has 1 N–H and O–H groups in total. The molecule has 0 aliphatic heterocycles. The number of esters is 1. The molecule has 0 aromatic heterocycles. The van der Waals surface area contributed by atoms with Gasteiger partial charge in [0.25, 0.3) is 0 Å². The Morgan fingerprint density at radius 1 is 1.12 bits per heavy atom. The van der Waals surface area contributed by atoms with Gasteiger partial charge in [0.05, 0.1) is 21.3 Å². The Bertz CT molecular complexity index is 393. The van der Waals surface area contributed by atoms with Crippen molar-refractivity contribution < 1.29 is 19.0 Å². The lowest BCUT2D eigenvalue weighted by atomic mass is 10.3. The van der Waals surface area contributed by atoms with Crippen LogP contribution in [0.5, 0.6) is 11.5 Å². The van der Waals surface area contributed by atoms with E-state index in [1.54, 1.807) is 32.4 Å². The van der Waals surface area contributed by atoms with Crippen molar-refractivity contribution in [2.24, 2.45) is 0 Å². The lowest BCUT2D eigenvalue weighted by Crippen LogP contribution is -1.97. The highest BCUT2D eigenvalue weighted by molar-refractivity contribution is 5.82. The van der Waals surface area contributed by atoms with E-state index in [4.69, 9.17) is 9.47 Å². The Hall–Kier alpha value is -2.17. The summed E-state index contributed by atoms with van der Waals surface area (Å²) in [7, 11) is 4.47. The maximum Gasteiger partial charge on any atom is 0.331 e. The minimum Gasteiger partial charge on any atom is -0.497 e. The van der Waals surface area contributed by atoms with Crippen LogP contribution in [0, 0.1) is 0 Å². The second-order valence-corrected chi connectivity index (χ2v) is 3.10. The van der Waals surface area contributed by atoms with E-state index in [-0.39, 0.29) is 0 Å². The molecule has 92 valence electrons. The summed E-state index contributed by atoms with van der Waals surface area (Å²) in [5, 5.41) is 2.92. The number of hydrogen-bond donors (Lipinski definition) is 1. The molecule has 1 rings (SSSR count). The van der Waals surface area contributed by atoms with Gasteiger partial charge in [-0.1, -0.05) is 0 Å². The van der Waals surface area contributed by atoms with Gasteiger partial charge in [0.1, 0.15) is 11.5 Å². The van der Waals surface area contributed by atoms with E-state index in [1.807, 2.05) is 0 Å². The van der Waals surface area contributed by atoms with Gasteiger partial charge < -0.3 is 19.5 Å². The van der Waals surface area contributed by atoms with Gasteiger partial charge in [-0.2, -0.15) is 0 Å². The molecule has 0 saturated heterocycles. The third-order valence-electron chi connectivity index (χ3n) is 2.02. The quantitative estimate of drug-likeness (QED) is 0.625. The van der Waals surface area contributed by atoms with Gasteiger partial charge in [0.15, 0.2) is 0 Å². The lowest BCUT2D eigenvalue weighted by molar-refractivity contribution is -0.134. The maximum absolute atomic E-state index is 10.8. The number of ether oxygens (including phenoxy) is 3. The Morgan fingerprint density at radius 3 is 2.18 bits per heavy atom. The second-order valence-electron chi connectivity index (χ2n) is 3.10. The number of carbonyl (C=O) groups excluding carboxylic acids is 1. The maximum atomic E-state index is 10.8. The van der Waals surface area contributed by atoms with Crippen LogP contribution in [0.3, 0.4) is 0 Å². The van der Waals surface area contributed by atoms with Crippen molar-refractivity contribution >= 4 is 11.7 Å². The average Bonchev–Trinajstić information content (AvgIpc) is 2.37. The smallest absolute Gasteiger partial charge is 0.331 e. The van der Waals surface area contributed by atoms with Gasteiger partial charge in [-0.3, -0.25) is 0 Å². The van der Waals surface area contributed by atoms with E-state index < -0.39 is 5.97 Å². The molecule has 0 amide bonds. The Kier molecular flexibility index (Phi) is 4.87. The first kappa shape index (κ1) is 12.9. The summed E-state index contributed by atoms with van der Waals surface area (Å²) in [4.78, 5) is 10.8. The average molecular weight is 237 g/mol. The highest BCUT2D eigenvalue weighted by atomic mass is 16.5. The summed E-state index contributed by atoms with van der Waals surface area (Å²) in [6.45, 7) is 0. The molecule has 0 aliphatic carbocycles. The fourth-order valence-corrected chi connectivity index (χ4v) is 1.16. The highest BCUT2D eigenvalue weighted by Crippen LogP contribution is 2.25. The van der Waals surface area contributed by atoms with Crippen LogP contribution in [0.2, 0.25) is 0 Å². The monoisotopic (exact) mass is 237 g/mol. The summed E-state index contributed by atoms with van der Waals surface area (Å²) < 4.78 is 14.7. The number of carbonyl (C=O) groups is 1. The van der Waals surface area contributed by atoms with Crippen molar-refractivity contribution in [2.75, 3.05) is 26.6 Å². The topological polar surface area (TPSA) is 56.8 Å². The number of hydrogen-bond acceptors (Lipinski definition) is 5. The predicted octanol–water partition coefficient (Wildman–Crippen LogP) is 1.80. The summed E-state index contributed by atoms with van der Waals surface area (Å²) in [5.41, 5.74) is 0.751. The van der Waals surface area contributed by atoms with Crippen molar-refractivity contribution in [2.45, 2.75) is 0 Å². The molecule has 0 radical (unpaired) electrons. The van der Waals surface area contributed by atoms with E-state index in [0.29, 0.717) is 11.5 Å². The van der Waals surface area contributed by atoms with E-state index in [0.717, 1.165) is 5.69 Å². The fourth-order valence-electron chi connectivity index (χ4n) is 1.16. The zero-order valence-corrected chi connectivity index (χ0v) is 10.0. The molecule has 0 bridgehead atoms. The first-order valence-electron chi connectivity index (χ1n) is 4.93. The van der Waals surface area contributed by atoms with Gasteiger partial charge in [-0.05, 0) is 0 Å². The molecule has 5 heteroatoms. The van der Waals surface area contributed by atoms with E-state index in [2.05, 4.69) is 10.1 Å². The van der Waals surface area contributed by atoms with Crippen LogP contribution < -0.4 is 14.8 Å². The van der Waals surface area contributed by atoms with Gasteiger partial charge >= 0.3 is 5.97 Å². The van der Waals surface area contributed by atoms with Crippen LogP contribution in [0.4, 0.5) is 5.69 Å². The van der Waals surface area contributed by atoms with Crippen molar-refractivity contribution in [1.82, 2.24) is 0 Å². The van der Waals surface area contributed by atoms with Gasteiger partial charge in [0.2, 0.25) is 0 Å². The van der Waals surface area contributed by atoms with Crippen LogP contribution in [0.25, 0.3) is 0 Å². The molecule has 0 fully saturated rings. The molecule has 0 saturated carbocycles. The van der Waals surface area contributed by atoms with Crippen LogP contribution in [-0.2, 0) is 9.53 Å². The van der Waals surface area contributed by atoms with E-state index in [9.17, 15) is 4.79 Å². The van der Waals surface area contributed by atoms with Crippen molar-refractivity contribution in [1.29, 1.82) is 0 Å². The highest BCUT2D eigenvalue weighted by Gasteiger charge is 2.00. The molecule has 0 unspecified atom stereocenters. The molecule has 5 nitrogen and oxygen atoms in total. The molecule has 1 aromatic rings. The largest absolute Gasteiger partial charge is 0.497 e. The van der Waals surface area contributed by atoms with Crippen LogP contribution in [0.15, 0.2) is 30.5 Å². The summed E-state index contributed by atoms with van der Waals surface area (Å²) in [6.07, 6.45) is 2.77. The van der Waals surface area contributed by atoms with Gasteiger partial charge in [-0.15, -0.1) is 0 Å². The standard InChI is InChI=1S/C12H15NO4/c1-15-10-6-9(7-11(8-10)16-2)13-5-4-12(14)17-3/h4-8,13H,1-3H3/b5-4+. The van der Waals surface area contributed by atoms with Gasteiger partial charge in [-0.25, -0.2) is 4.79 Å². The zero-order chi connectivity index (χ0) is 12.7. The van der Waals surface area contributed by atoms with Crippen LogP contribution in [-0.4, -0.2) is 27.3 Å². The number of rotatable bonds is 5. The molecule has 0 aliphatic rings. The van der Waals surface area contributed by atoms with Crippen molar-refractivity contribution in [3.8, 4) is 11.5 Å². The third kappa shape index (κ3) is 4.06. The Balaban J connectivity index is 2.76. The summed E-state index contributed by atoms with van der Waals surface area (Å²) in [5.74, 6) is 0.906. The second kappa shape index (κ2) is 6.42. The van der Waals surface area contributed by atoms with Crippen molar-refractivity contribution in [3.63, 3.8) is 0 Å². The molecular weight excluding hydrogens is 222 g/mol. The first-order chi connectivity index (χ1) is 8.19. The number of methoxy groups -OCH3 is 3. The third-order valence-corrected chi connectivity index (χ3v) is 2.02. The fraction of sp³-hybridized carbons (Fsp3) is 0.250. The number of nitrogens with one attached hydrogen (secondary N) is 1. The Labute approximate surface area is 100.0 Å². The van der Waals surface area contributed by atoms with E-state index in [1.165, 1.54) is 19.4 Å². The first-order valence-corrected chi connectivity index (χ1v) is 4.93. The van der Waals surface area contributed by atoms with Crippen LogP contribution in [0.1, 0.15) is 0 Å². The van der Waals surface area contributed by atoms with Gasteiger partial charge in [0, 0.05) is 36.2 Å². The van der Waals surface area contributed by atoms with Crippen molar-refractivity contribution in [3.05, 3.63) is 30.5 Å². The SMILES string of the molecule is COC(=O)/C=C/Nc1cc(OC)cc(OC)c1. The van der Waals surface area contributed by atoms with E-state index >= 15 is 0 Å². The zero-order valence-electron chi connectivity index (χ0n) is 10.0. The molecule has 0 spiro atoms. The number of anilines is 1. The molecule has 1 aromatic carbocycles. The summed E-state index contributed by atoms with van der Waals surface area (Å²) >= 11 is 0. The molecule has 0 heterocycles. The molecular formula is C12H15NO4. The minimum atomic E-state index is -0.424.